The summed E-state index contributed by atoms with van der Waals surface area (Å²) in [7, 11) is 0. The minimum absolute atomic E-state index is 0.176. The lowest BCUT2D eigenvalue weighted by atomic mass is 10.3. The van der Waals surface area contributed by atoms with Crippen LogP contribution in [0.25, 0.3) is 10.6 Å². The van der Waals surface area contributed by atoms with E-state index in [0.717, 1.165) is 22.0 Å². The van der Waals surface area contributed by atoms with Gasteiger partial charge in [0.15, 0.2) is 0 Å². The fraction of sp³-hybridized carbons (Fsp3) is 0.176. The van der Waals surface area contributed by atoms with Gasteiger partial charge in [0.25, 0.3) is 0 Å². The molecule has 1 N–H and O–H groups in total. The highest BCUT2D eigenvalue weighted by Gasteiger charge is 2.08. The van der Waals surface area contributed by atoms with E-state index in [4.69, 9.17) is 0 Å². The van der Waals surface area contributed by atoms with Gasteiger partial charge in [-0.3, -0.25) is 4.79 Å². The summed E-state index contributed by atoms with van der Waals surface area (Å²) in [4.78, 5) is 16.4. The van der Waals surface area contributed by atoms with Crippen LogP contribution < -0.4 is 5.32 Å². The van der Waals surface area contributed by atoms with Crippen LogP contribution in [0.15, 0.2) is 46.5 Å². The second kappa shape index (κ2) is 8.41. The molecule has 3 nitrogen and oxygen atoms in total. The Morgan fingerprint density at radius 1 is 1.25 bits per heavy atom. The number of amides is 1. The van der Waals surface area contributed by atoms with Gasteiger partial charge in [-0.05, 0) is 23.6 Å². The van der Waals surface area contributed by atoms with Crippen molar-refractivity contribution in [2.75, 3.05) is 11.1 Å². The molecule has 0 aliphatic carbocycles. The van der Waals surface area contributed by atoms with Crippen LogP contribution in [0.2, 0.25) is 0 Å². The first-order valence-corrected chi connectivity index (χ1v) is 10.3. The molecule has 124 valence electrons. The highest BCUT2D eigenvalue weighted by molar-refractivity contribution is 7.98. The molecular formula is C17H15FN2OS3. The number of para-hydroxylation sites is 1. The van der Waals surface area contributed by atoms with E-state index in [2.05, 4.69) is 27.1 Å². The predicted molar refractivity (Wildman–Crippen MR) is 101 cm³/mol. The molecule has 7 heteroatoms. The molecule has 3 rings (SSSR count). The SMILES string of the molecule is O=C(CCSCc1csc(-c2ccsc2)n1)Nc1ccccc1F. The highest BCUT2D eigenvalue weighted by Crippen LogP contribution is 2.27. The van der Waals surface area contributed by atoms with Crippen molar-refractivity contribution in [2.24, 2.45) is 0 Å². The van der Waals surface area contributed by atoms with Crippen molar-refractivity contribution in [1.29, 1.82) is 0 Å². The molecule has 0 fully saturated rings. The summed E-state index contributed by atoms with van der Waals surface area (Å²) in [5, 5.41) is 9.81. The smallest absolute Gasteiger partial charge is 0.225 e. The normalized spacial score (nSPS) is 10.7. The number of nitrogens with one attached hydrogen (secondary N) is 1. The molecule has 0 unspecified atom stereocenters. The summed E-state index contributed by atoms with van der Waals surface area (Å²) >= 11 is 4.95. The molecule has 2 heterocycles. The van der Waals surface area contributed by atoms with Crippen molar-refractivity contribution >= 4 is 46.0 Å². The van der Waals surface area contributed by atoms with Crippen LogP contribution in [0.4, 0.5) is 10.1 Å². The number of hydrogen-bond donors (Lipinski definition) is 1. The largest absolute Gasteiger partial charge is 0.324 e. The van der Waals surface area contributed by atoms with Gasteiger partial charge in [-0.2, -0.15) is 23.1 Å². The molecule has 0 atom stereocenters. The van der Waals surface area contributed by atoms with Gasteiger partial charge in [0, 0.05) is 34.3 Å². The lowest BCUT2D eigenvalue weighted by Crippen LogP contribution is -2.13. The van der Waals surface area contributed by atoms with Crippen LogP contribution in [-0.4, -0.2) is 16.6 Å². The Hall–Kier alpha value is -1.70. The second-order valence-electron chi connectivity index (χ2n) is 4.99. The number of carbonyl (C=O) groups is 1. The van der Waals surface area contributed by atoms with Crippen LogP contribution in [0.1, 0.15) is 12.1 Å². The number of benzene rings is 1. The third-order valence-corrected chi connectivity index (χ3v) is 5.81. The molecule has 0 saturated heterocycles. The summed E-state index contributed by atoms with van der Waals surface area (Å²) < 4.78 is 13.5. The molecular weight excluding hydrogens is 363 g/mol. The number of halogens is 1. The third-order valence-electron chi connectivity index (χ3n) is 3.19. The fourth-order valence-corrected chi connectivity index (χ4v) is 4.48. The van der Waals surface area contributed by atoms with E-state index >= 15 is 0 Å². The highest BCUT2D eigenvalue weighted by atomic mass is 32.2. The van der Waals surface area contributed by atoms with Gasteiger partial charge in [0.2, 0.25) is 5.91 Å². The first-order chi connectivity index (χ1) is 11.7. The van der Waals surface area contributed by atoms with E-state index in [1.54, 1.807) is 52.6 Å². The second-order valence-corrected chi connectivity index (χ2v) is 7.73. The van der Waals surface area contributed by atoms with Crippen molar-refractivity contribution in [1.82, 2.24) is 4.98 Å². The van der Waals surface area contributed by atoms with Gasteiger partial charge < -0.3 is 5.32 Å². The average Bonchev–Trinajstić information content (AvgIpc) is 3.25. The Bertz CT molecular complexity index is 802. The van der Waals surface area contributed by atoms with Gasteiger partial charge >= 0.3 is 0 Å². The zero-order valence-electron chi connectivity index (χ0n) is 12.7. The summed E-state index contributed by atoms with van der Waals surface area (Å²) in [5.41, 5.74) is 2.42. The average molecular weight is 379 g/mol. The third kappa shape index (κ3) is 4.66. The van der Waals surface area contributed by atoms with E-state index in [0.29, 0.717) is 12.2 Å². The molecule has 0 spiro atoms. The number of thiazole rings is 1. The molecule has 0 aliphatic rings. The van der Waals surface area contributed by atoms with E-state index in [1.807, 2.05) is 5.38 Å². The lowest BCUT2D eigenvalue weighted by molar-refractivity contribution is -0.115. The number of thiophene rings is 1. The number of rotatable bonds is 7. The predicted octanol–water partition coefficient (Wildman–Crippen LogP) is 5.27. The maximum Gasteiger partial charge on any atom is 0.225 e. The first kappa shape index (κ1) is 17.1. The Morgan fingerprint density at radius 3 is 2.92 bits per heavy atom. The molecule has 3 aromatic rings. The monoisotopic (exact) mass is 378 g/mol. The number of aromatic nitrogens is 1. The van der Waals surface area contributed by atoms with Crippen LogP contribution in [0.3, 0.4) is 0 Å². The minimum atomic E-state index is -0.415. The molecule has 1 aromatic carbocycles. The van der Waals surface area contributed by atoms with Crippen molar-refractivity contribution in [3.05, 3.63) is 58.0 Å². The van der Waals surface area contributed by atoms with Crippen LogP contribution >= 0.6 is 34.4 Å². The van der Waals surface area contributed by atoms with Gasteiger partial charge in [-0.25, -0.2) is 9.37 Å². The van der Waals surface area contributed by atoms with E-state index in [-0.39, 0.29) is 11.6 Å². The van der Waals surface area contributed by atoms with Crippen molar-refractivity contribution in [3.8, 4) is 10.6 Å². The van der Waals surface area contributed by atoms with Crippen molar-refractivity contribution < 1.29 is 9.18 Å². The number of thioether (sulfide) groups is 1. The van der Waals surface area contributed by atoms with Crippen LogP contribution in [0, 0.1) is 5.82 Å². The molecule has 0 radical (unpaired) electrons. The van der Waals surface area contributed by atoms with Crippen LogP contribution in [0.5, 0.6) is 0 Å². The molecule has 2 aromatic heterocycles. The summed E-state index contributed by atoms with van der Waals surface area (Å²) in [6.07, 6.45) is 0.348. The van der Waals surface area contributed by atoms with Gasteiger partial charge in [-0.15, -0.1) is 11.3 Å². The van der Waals surface area contributed by atoms with E-state index < -0.39 is 5.82 Å². The van der Waals surface area contributed by atoms with Gasteiger partial charge in [0.05, 0.1) is 11.4 Å². The standard InChI is InChI=1S/C17H15FN2OS3/c18-14-3-1-2-4-15(14)20-16(21)6-8-23-10-13-11-24-17(19-13)12-5-7-22-9-12/h1-5,7,9,11H,6,8,10H2,(H,20,21). The molecule has 24 heavy (non-hydrogen) atoms. The van der Waals surface area contributed by atoms with E-state index in [1.165, 1.54) is 6.07 Å². The van der Waals surface area contributed by atoms with Crippen molar-refractivity contribution in [2.45, 2.75) is 12.2 Å². The summed E-state index contributed by atoms with van der Waals surface area (Å²) in [5.74, 6) is 0.853. The number of hydrogen-bond acceptors (Lipinski definition) is 5. The Morgan fingerprint density at radius 2 is 2.12 bits per heavy atom. The lowest BCUT2D eigenvalue weighted by Gasteiger charge is -2.05. The topological polar surface area (TPSA) is 42.0 Å². The maximum atomic E-state index is 13.5. The van der Waals surface area contributed by atoms with Crippen LogP contribution in [-0.2, 0) is 10.5 Å². The Balaban J connectivity index is 1.41. The summed E-state index contributed by atoms with van der Waals surface area (Å²) in [6, 6.07) is 8.24. The van der Waals surface area contributed by atoms with Gasteiger partial charge in [-0.1, -0.05) is 12.1 Å². The fourth-order valence-electron chi connectivity index (χ4n) is 2.01. The Kier molecular flexibility index (Phi) is 6.01. The molecule has 0 bridgehead atoms. The number of carbonyl (C=O) groups excluding carboxylic acids is 1. The number of nitrogens with zero attached hydrogens (tertiary/aromatic N) is 1. The number of anilines is 1. The van der Waals surface area contributed by atoms with Gasteiger partial charge in [0.1, 0.15) is 10.8 Å². The van der Waals surface area contributed by atoms with Crippen molar-refractivity contribution in [3.63, 3.8) is 0 Å². The zero-order valence-corrected chi connectivity index (χ0v) is 15.1. The van der Waals surface area contributed by atoms with E-state index in [9.17, 15) is 9.18 Å². The first-order valence-electron chi connectivity index (χ1n) is 7.31. The molecule has 1 amide bonds. The maximum absolute atomic E-state index is 13.5. The minimum Gasteiger partial charge on any atom is -0.324 e. The Labute approximate surface area is 152 Å². The molecule has 0 aliphatic heterocycles. The molecule has 0 saturated carbocycles. The summed E-state index contributed by atoms with van der Waals surface area (Å²) in [6.45, 7) is 0. The quantitative estimate of drug-likeness (QED) is 0.569. The zero-order chi connectivity index (χ0) is 16.8.